The summed E-state index contributed by atoms with van der Waals surface area (Å²) in [5, 5.41) is 9.10. The molecule has 106 valence electrons. The highest BCUT2D eigenvalue weighted by Crippen LogP contribution is 2.22. The van der Waals surface area contributed by atoms with Crippen LogP contribution in [0.5, 0.6) is 0 Å². The van der Waals surface area contributed by atoms with Crippen molar-refractivity contribution < 1.29 is 14.6 Å². The highest BCUT2D eigenvalue weighted by Gasteiger charge is 2.35. The van der Waals surface area contributed by atoms with Crippen LogP contribution in [-0.2, 0) is 9.53 Å². The van der Waals surface area contributed by atoms with Crippen molar-refractivity contribution in [1.82, 2.24) is 4.90 Å². The van der Waals surface area contributed by atoms with Crippen LogP contribution in [0.2, 0.25) is 0 Å². The van der Waals surface area contributed by atoms with Gasteiger partial charge in [-0.15, -0.1) is 0 Å². The Kier molecular flexibility index (Phi) is 5.13. The Hall–Kier alpha value is -0.650. The van der Waals surface area contributed by atoms with E-state index >= 15 is 0 Å². The number of carboxylic acids is 1. The third kappa shape index (κ3) is 3.67. The van der Waals surface area contributed by atoms with Crippen LogP contribution < -0.4 is 5.73 Å². The lowest BCUT2D eigenvalue weighted by Gasteiger charge is -2.43. The minimum absolute atomic E-state index is 0.146. The molecule has 4 unspecified atom stereocenters. The number of carboxylic acid groups (broad SMARTS) is 1. The molecule has 1 rings (SSSR count). The molecular weight excluding hydrogens is 232 g/mol. The summed E-state index contributed by atoms with van der Waals surface area (Å²) in [4.78, 5) is 13.4. The lowest BCUT2D eigenvalue weighted by Crippen LogP contribution is -2.56. The zero-order chi connectivity index (χ0) is 13.9. The Labute approximate surface area is 109 Å². The molecule has 0 aromatic rings. The monoisotopic (exact) mass is 258 g/mol. The Bertz CT molecular complexity index is 294. The lowest BCUT2D eigenvalue weighted by atomic mass is 9.93. The van der Waals surface area contributed by atoms with Gasteiger partial charge in [0.1, 0.15) is 5.54 Å². The van der Waals surface area contributed by atoms with Crippen molar-refractivity contribution in [2.75, 3.05) is 13.2 Å². The van der Waals surface area contributed by atoms with Gasteiger partial charge in [-0.2, -0.15) is 0 Å². The first kappa shape index (κ1) is 15.4. The standard InChI is InChI=1S/C13H26N2O3/c1-5-11-8-18-10(3)7-15(11)9(2)6-13(4,14)12(16)17/h9-11H,5-8,14H2,1-4H3,(H,16,17). The Morgan fingerprint density at radius 3 is 2.78 bits per heavy atom. The van der Waals surface area contributed by atoms with Crippen molar-refractivity contribution >= 4 is 5.97 Å². The first-order valence-corrected chi connectivity index (χ1v) is 6.67. The maximum Gasteiger partial charge on any atom is 0.323 e. The van der Waals surface area contributed by atoms with Crippen LogP contribution in [0.25, 0.3) is 0 Å². The topological polar surface area (TPSA) is 75.8 Å². The van der Waals surface area contributed by atoms with Gasteiger partial charge in [-0.05, 0) is 33.6 Å². The maximum absolute atomic E-state index is 11.1. The summed E-state index contributed by atoms with van der Waals surface area (Å²) in [5.41, 5.74) is 4.66. The van der Waals surface area contributed by atoms with Crippen LogP contribution in [-0.4, -0.2) is 52.9 Å². The van der Waals surface area contributed by atoms with Crippen LogP contribution in [0.15, 0.2) is 0 Å². The number of nitrogens with two attached hydrogens (primary N) is 1. The van der Waals surface area contributed by atoms with Gasteiger partial charge in [-0.1, -0.05) is 6.92 Å². The summed E-state index contributed by atoms with van der Waals surface area (Å²) in [6.45, 7) is 9.37. The number of aliphatic carboxylic acids is 1. The molecular formula is C13H26N2O3. The molecule has 0 spiro atoms. The van der Waals surface area contributed by atoms with Gasteiger partial charge in [0.2, 0.25) is 0 Å². The smallest absolute Gasteiger partial charge is 0.323 e. The number of carbonyl (C=O) groups is 1. The molecule has 0 bridgehead atoms. The van der Waals surface area contributed by atoms with E-state index in [1.54, 1.807) is 6.92 Å². The van der Waals surface area contributed by atoms with Gasteiger partial charge in [0.15, 0.2) is 0 Å². The van der Waals surface area contributed by atoms with E-state index in [9.17, 15) is 4.79 Å². The molecule has 1 aliphatic rings. The molecule has 5 heteroatoms. The summed E-state index contributed by atoms with van der Waals surface area (Å²) in [6, 6.07) is 0.508. The zero-order valence-electron chi connectivity index (χ0n) is 11.8. The van der Waals surface area contributed by atoms with E-state index in [0.29, 0.717) is 12.5 Å². The quantitative estimate of drug-likeness (QED) is 0.771. The lowest BCUT2D eigenvalue weighted by molar-refractivity contribution is -0.144. The summed E-state index contributed by atoms with van der Waals surface area (Å²) in [5.74, 6) is -0.941. The SMILES string of the molecule is CCC1COC(C)CN1C(C)CC(C)(N)C(=O)O. The number of ether oxygens (including phenoxy) is 1. The minimum Gasteiger partial charge on any atom is -0.480 e. The first-order valence-electron chi connectivity index (χ1n) is 6.67. The summed E-state index contributed by atoms with van der Waals surface area (Å²) >= 11 is 0. The van der Waals surface area contributed by atoms with Gasteiger partial charge in [0.05, 0.1) is 12.7 Å². The number of morpholine rings is 1. The molecule has 1 aliphatic heterocycles. The molecule has 0 amide bonds. The van der Waals surface area contributed by atoms with E-state index in [0.717, 1.165) is 19.6 Å². The molecule has 1 heterocycles. The van der Waals surface area contributed by atoms with E-state index in [1.165, 1.54) is 0 Å². The van der Waals surface area contributed by atoms with Crippen molar-refractivity contribution in [1.29, 1.82) is 0 Å². The molecule has 0 radical (unpaired) electrons. The normalized spacial score (nSPS) is 30.7. The molecule has 0 aliphatic carbocycles. The molecule has 5 nitrogen and oxygen atoms in total. The third-order valence-corrected chi connectivity index (χ3v) is 3.76. The fourth-order valence-corrected chi connectivity index (χ4v) is 2.58. The first-order chi connectivity index (χ1) is 8.27. The van der Waals surface area contributed by atoms with E-state index < -0.39 is 11.5 Å². The van der Waals surface area contributed by atoms with Crippen molar-refractivity contribution in [2.24, 2.45) is 5.73 Å². The molecule has 0 aromatic carbocycles. The molecule has 0 aromatic heterocycles. The van der Waals surface area contributed by atoms with Crippen LogP contribution in [0.1, 0.15) is 40.5 Å². The van der Waals surface area contributed by atoms with Gasteiger partial charge in [-0.3, -0.25) is 9.69 Å². The second-order valence-corrected chi connectivity index (χ2v) is 5.68. The van der Waals surface area contributed by atoms with E-state index in [-0.39, 0.29) is 12.1 Å². The highest BCUT2D eigenvalue weighted by molar-refractivity contribution is 5.77. The molecule has 1 fully saturated rings. The van der Waals surface area contributed by atoms with E-state index in [4.69, 9.17) is 15.6 Å². The number of rotatable bonds is 5. The summed E-state index contributed by atoms with van der Waals surface area (Å²) in [7, 11) is 0. The average molecular weight is 258 g/mol. The van der Waals surface area contributed by atoms with Crippen molar-refractivity contribution in [3.63, 3.8) is 0 Å². The third-order valence-electron chi connectivity index (χ3n) is 3.76. The van der Waals surface area contributed by atoms with Gasteiger partial charge in [0, 0.05) is 18.6 Å². The maximum atomic E-state index is 11.1. The molecule has 4 atom stereocenters. The average Bonchev–Trinajstić information content (AvgIpc) is 2.28. The highest BCUT2D eigenvalue weighted by atomic mass is 16.5. The largest absolute Gasteiger partial charge is 0.480 e. The molecule has 0 saturated carbocycles. The zero-order valence-corrected chi connectivity index (χ0v) is 11.8. The number of hydrogen-bond acceptors (Lipinski definition) is 4. The molecule has 18 heavy (non-hydrogen) atoms. The Morgan fingerprint density at radius 1 is 1.67 bits per heavy atom. The second-order valence-electron chi connectivity index (χ2n) is 5.68. The molecule has 1 saturated heterocycles. The second kappa shape index (κ2) is 5.99. The minimum atomic E-state index is -1.17. The summed E-state index contributed by atoms with van der Waals surface area (Å²) in [6.07, 6.45) is 1.65. The molecule has 3 N–H and O–H groups in total. The number of hydrogen-bond donors (Lipinski definition) is 2. The predicted molar refractivity (Wildman–Crippen MR) is 70.5 cm³/mol. The Balaban J connectivity index is 2.68. The Morgan fingerprint density at radius 2 is 2.28 bits per heavy atom. The fourth-order valence-electron chi connectivity index (χ4n) is 2.58. The van der Waals surface area contributed by atoms with E-state index in [2.05, 4.69) is 18.7 Å². The van der Waals surface area contributed by atoms with Crippen LogP contribution in [0.3, 0.4) is 0 Å². The predicted octanol–water partition coefficient (Wildman–Crippen LogP) is 1.07. The van der Waals surface area contributed by atoms with Gasteiger partial charge in [0.25, 0.3) is 0 Å². The van der Waals surface area contributed by atoms with Crippen LogP contribution in [0, 0.1) is 0 Å². The van der Waals surface area contributed by atoms with Crippen LogP contribution in [0.4, 0.5) is 0 Å². The summed E-state index contributed by atoms with van der Waals surface area (Å²) < 4.78 is 5.65. The van der Waals surface area contributed by atoms with E-state index in [1.807, 2.05) is 6.92 Å². The van der Waals surface area contributed by atoms with Gasteiger partial charge < -0.3 is 15.6 Å². The van der Waals surface area contributed by atoms with Crippen LogP contribution >= 0.6 is 0 Å². The van der Waals surface area contributed by atoms with Crippen molar-refractivity contribution in [3.8, 4) is 0 Å². The van der Waals surface area contributed by atoms with Gasteiger partial charge >= 0.3 is 5.97 Å². The number of nitrogens with zero attached hydrogens (tertiary/aromatic N) is 1. The van der Waals surface area contributed by atoms with Crippen molar-refractivity contribution in [3.05, 3.63) is 0 Å². The van der Waals surface area contributed by atoms with Crippen molar-refractivity contribution in [2.45, 2.75) is 64.3 Å². The fraction of sp³-hybridized carbons (Fsp3) is 0.923. The van der Waals surface area contributed by atoms with Gasteiger partial charge in [-0.25, -0.2) is 0 Å².